The molecule has 0 aromatic carbocycles. The first-order valence-corrected chi connectivity index (χ1v) is 6.02. The fourth-order valence-corrected chi connectivity index (χ4v) is 1.27. The number of nitrogens with one attached hydrogen (secondary N) is 1. The summed E-state index contributed by atoms with van der Waals surface area (Å²) < 4.78 is 10.5. The van der Waals surface area contributed by atoms with Gasteiger partial charge in [0.05, 0.1) is 6.61 Å². The van der Waals surface area contributed by atoms with Crippen LogP contribution in [0.25, 0.3) is 0 Å². The van der Waals surface area contributed by atoms with Crippen LogP contribution in [-0.2, 0) is 4.74 Å². The number of ether oxygens (including phenoxy) is 2. The van der Waals surface area contributed by atoms with Gasteiger partial charge in [-0.25, -0.2) is 4.98 Å². The normalized spacial score (nSPS) is 10.4. The highest BCUT2D eigenvalue weighted by Gasteiger charge is 2.08. The number of nitrogens with zero attached hydrogens (tertiary/aromatic N) is 2. The van der Waals surface area contributed by atoms with Crippen molar-refractivity contribution < 1.29 is 9.47 Å². The molecule has 18 heavy (non-hydrogen) atoms. The van der Waals surface area contributed by atoms with Gasteiger partial charge in [0, 0.05) is 25.6 Å². The van der Waals surface area contributed by atoms with Crippen LogP contribution in [0.2, 0.25) is 0 Å². The molecule has 0 saturated carbocycles. The lowest BCUT2D eigenvalue weighted by Crippen LogP contribution is -2.10. The fraction of sp³-hybridized carbons (Fsp3) is 0.538. The van der Waals surface area contributed by atoms with E-state index in [1.807, 2.05) is 13.8 Å². The Balaban J connectivity index is 2.80. The first-order valence-electron chi connectivity index (χ1n) is 6.02. The van der Waals surface area contributed by atoms with E-state index in [4.69, 9.17) is 9.47 Å². The predicted molar refractivity (Wildman–Crippen MR) is 72.2 cm³/mol. The Kier molecular flexibility index (Phi) is 6.14. The predicted octanol–water partition coefficient (Wildman–Crippen LogP) is 2.22. The molecule has 0 fully saturated rings. The van der Waals surface area contributed by atoms with Crippen LogP contribution in [0.15, 0.2) is 18.7 Å². The van der Waals surface area contributed by atoms with Gasteiger partial charge in [-0.3, -0.25) is 0 Å². The van der Waals surface area contributed by atoms with Crippen LogP contribution < -0.4 is 10.1 Å². The van der Waals surface area contributed by atoms with Crippen molar-refractivity contribution >= 4 is 5.82 Å². The summed E-state index contributed by atoms with van der Waals surface area (Å²) in [7, 11) is 1.64. The van der Waals surface area contributed by atoms with Crippen molar-refractivity contribution in [1.29, 1.82) is 0 Å². The van der Waals surface area contributed by atoms with Crippen LogP contribution in [0, 0.1) is 0 Å². The molecular formula is C13H21N3O2. The summed E-state index contributed by atoms with van der Waals surface area (Å²) >= 11 is 0. The molecule has 0 atom stereocenters. The maximum atomic E-state index is 5.52. The van der Waals surface area contributed by atoms with Crippen LogP contribution in [-0.4, -0.2) is 36.8 Å². The SMILES string of the molecule is C=CCNc1cc(OCCOC)nc(C(C)C)n1. The third kappa shape index (κ3) is 4.71. The lowest BCUT2D eigenvalue weighted by atomic mass is 10.2. The second kappa shape index (κ2) is 7.66. The first kappa shape index (κ1) is 14.4. The van der Waals surface area contributed by atoms with Gasteiger partial charge in [-0.05, 0) is 0 Å². The van der Waals surface area contributed by atoms with Crippen LogP contribution in [0.1, 0.15) is 25.6 Å². The van der Waals surface area contributed by atoms with Crippen molar-refractivity contribution in [3.63, 3.8) is 0 Å². The van der Waals surface area contributed by atoms with Gasteiger partial charge in [-0.2, -0.15) is 4.98 Å². The highest BCUT2D eigenvalue weighted by molar-refractivity contribution is 5.39. The minimum atomic E-state index is 0.250. The van der Waals surface area contributed by atoms with Crippen molar-refractivity contribution in [3.05, 3.63) is 24.5 Å². The summed E-state index contributed by atoms with van der Waals surface area (Å²) in [5, 5.41) is 3.14. The zero-order valence-electron chi connectivity index (χ0n) is 11.3. The number of hydrogen-bond acceptors (Lipinski definition) is 5. The van der Waals surface area contributed by atoms with Crippen molar-refractivity contribution in [1.82, 2.24) is 9.97 Å². The van der Waals surface area contributed by atoms with Gasteiger partial charge < -0.3 is 14.8 Å². The minimum absolute atomic E-state index is 0.250. The van der Waals surface area contributed by atoms with Crippen molar-refractivity contribution in [2.45, 2.75) is 19.8 Å². The summed E-state index contributed by atoms with van der Waals surface area (Å²) in [6, 6.07) is 1.78. The first-order chi connectivity index (χ1) is 8.67. The molecule has 1 N–H and O–H groups in total. The van der Waals surface area contributed by atoms with Crippen LogP contribution in [0.3, 0.4) is 0 Å². The van der Waals surface area contributed by atoms with Gasteiger partial charge in [0.1, 0.15) is 18.2 Å². The molecule has 100 valence electrons. The standard InChI is InChI=1S/C13H21N3O2/c1-5-6-14-11-9-12(18-8-7-17-4)16-13(15-11)10(2)3/h5,9-10H,1,6-8H2,2-4H3,(H,14,15,16). The number of rotatable bonds is 8. The molecule has 0 amide bonds. The van der Waals surface area contributed by atoms with E-state index in [1.165, 1.54) is 0 Å². The summed E-state index contributed by atoms with van der Waals surface area (Å²) in [6.07, 6.45) is 1.78. The molecule has 1 heterocycles. The molecule has 0 unspecified atom stereocenters. The maximum Gasteiger partial charge on any atom is 0.218 e. The third-order valence-corrected chi connectivity index (χ3v) is 2.20. The number of anilines is 1. The second-order valence-electron chi connectivity index (χ2n) is 4.12. The average molecular weight is 251 g/mol. The monoisotopic (exact) mass is 251 g/mol. The summed E-state index contributed by atoms with van der Waals surface area (Å²) in [6.45, 7) is 9.43. The lowest BCUT2D eigenvalue weighted by molar-refractivity contribution is 0.143. The molecule has 1 aromatic heterocycles. The van der Waals surface area contributed by atoms with E-state index < -0.39 is 0 Å². The van der Waals surface area contributed by atoms with Gasteiger partial charge in [-0.1, -0.05) is 19.9 Å². The smallest absolute Gasteiger partial charge is 0.218 e. The van der Waals surface area contributed by atoms with E-state index in [0.717, 1.165) is 11.6 Å². The molecule has 0 bridgehead atoms. The zero-order valence-corrected chi connectivity index (χ0v) is 11.3. The second-order valence-corrected chi connectivity index (χ2v) is 4.12. The number of aromatic nitrogens is 2. The van der Waals surface area contributed by atoms with E-state index >= 15 is 0 Å². The maximum absolute atomic E-state index is 5.52. The Bertz CT molecular complexity index is 380. The Morgan fingerprint density at radius 1 is 1.39 bits per heavy atom. The van der Waals surface area contributed by atoms with E-state index in [2.05, 4.69) is 21.9 Å². The van der Waals surface area contributed by atoms with Crippen LogP contribution in [0.5, 0.6) is 5.88 Å². The van der Waals surface area contributed by atoms with Gasteiger partial charge >= 0.3 is 0 Å². The zero-order chi connectivity index (χ0) is 13.4. The molecule has 5 nitrogen and oxygen atoms in total. The van der Waals surface area contributed by atoms with Crippen molar-refractivity contribution in [3.8, 4) is 5.88 Å². The lowest BCUT2D eigenvalue weighted by Gasteiger charge is -2.11. The fourth-order valence-electron chi connectivity index (χ4n) is 1.27. The Morgan fingerprint density at radius 2 is 2.17 bits per heavy atom. The highest BCUT2D eigenvalue weighted by Crippen LogP contribution is 2.18. The molecule has 0 aliphatic rings. The largest absolute Gasteiger partial charge is 0.475 e. The highest BCUT2D eigenvalue weighted by atomic mass is 16.5. The van der Waals surface area contributed by atoms with Gasteiger partial charge in [0.2, 0.25) is 5.88 Å². The van der Waals surface area contributed by atoms with Gasteiger partial charge in [0.15, 0.2) is 0 Å². The molecule has 1 aromatic rings. The third-order valence-electron chi connectivity index (χ3n) is 2.20. The summed E-state index contributed by atoms with van der Waals surface area (Å²) in [4.78, 5) is 8.78. The van der Waals surface area contributed by atoms with Crippen LogP contribution >= 0.6 is 0 Å². The quantitative estimate of drug-likeness (QED) is 0.567. The molecule has 0 radical (unpaired) electrons. The Hall–Kier alpha value is -1.62. The van der Waals surface area contributed by atoms with Gasteiger partial charge in [-0.15, -0.1) is 6.58 Å². The molecule has 0 spiro atoms. The topological polar surface area (TPSA) is 56.3 Å². The summed E-state index contributed by atoms with van der Waals surface area (Å²) in [5.74, 6) is 2.33. The molecular weight excluding hydrogens is 230 g/mol. The minimum Gasteiger partial charge on any atom is -0.475 e. The van der Waals surface area contributed by atoms with E-state index in [9.17, 15) is 0 Å². The Labute approximate surface area is 108 Å². The number of methoxy groups -OCH3 is 1. The molecule has 5 heteroatoms. The molecule has 0 saturated heterocycles. The molecule has 1 rings (SSSR count). The van der Waals surface area contributed by atoms with Crippen LogP contribution in [0.4, 0.5) is 5.82 Å². The molecule has 0 aliphatic heterocycles. The average Bonchev–Trinajstić information content (AvgIpc) is 2.36. The van der Waals surface area contributed by atoms with E-state index in [0.29, 0.717) is 25.6 Å². The summed E-state index contributed by atoms with van der Waals surface area (Å²) in [5.41, 5.74) is 0. The van der Waals surface area contributed by atoms with Crippen molar-refractivity contribution in [2.24, 2.45) is 0 Å². The number of hydrogen-bond donors (Lipinski definition) is 1. The Morgan fingerprint density at radius 3 is 2.78 bits per heavy atom. The van der Waals surface area contributed by atoms with E-state index in [-0.39, 0.29) is 5.92 Å². The van der Waals surface area contributed by atoms with Gasteiger partial charge in [0.25, 0.3) is 0 Å². The van der Waals surface area contributed by atoms with E-state index in [1.54, 1.807) is 19.3 Å². The van der Waals surface area contributed by atoms with Crippen molar-refractivity contribution in [2.75, 3.05) is 32.2 Å². The molecule has 0 aliphatic carbocycles.